The van der Waals surface area contributed by atoms with Crippen LogP contribution in [0.15, 0.2) is 28.7 Å². The van der Waals surface area contributed by atoms with Gasteiger partial charge in [-0.15, -0.1) is 0 Å². The van der Waals surface area contributed by atoms with Crippen molar-refractivity contribution in [2.24, 2.45) is 0 Å². The first-order valence-corrected chi connectivity index (χ1v) is 5.79. The Kier molecular flexibility index (Phi) is 3.77. The molecular formula is C11H4BrClF3NO. The fourth-order valence-corrected chi connectivity index (χ4v) is 1.87. The van der Waals surface area contributed by atoms with Gasteiger partial charge in [0.1, 0.15) is 5.75 Å². The molecule has 0 unspecified atom stereocenters. The average molecular weight is 339 g/mol. The maximum Gasteiger partial charge on any atom is 0.258 e. The number of hydrogen-bond donors (Lipinski definition) is 0. The van der Waals surface area contributed by atoms with Crippen LogP contribution in [0.5, 0.6) is 11.6 Å². The molecule has 2 aromatic rings. The van der Waals surface area contributed by atoms with Gasteiger partial charge < -0.3 is 4.74 Å². The molecule has 7 heteroatoms. The van der Waals surface area contributed by atoms with Gasteiger partial charge in [-0.25, -0.2) is 8.78 Å². The van der Waals surface area contributed by atoms with Crippen LogP contribution in [0.25, 0.3) is 0 Å². The number of aromatic nitrogens is 1. The molecule has 94 valence electrons. The van der Waals surface area contributed by atoms with Gasteiger partial charge in [0.05, 0.1) is 5.02 Å². The van der Waals surface area contributed by atoms with Crippen molar-refractivity contribution in [3.8, 4) is 11.6 Å². The minimum Gasteiger partial charge on any atom is -0.435 e. The van der Waals surface area contributed by atoms with Crippen molar-refractivity contribution in [1.29, 1.82) is 0 Å². The van der Waals surface area contributed by atoms with Crippen LogP contribution in [-0.4, -0.2) is 4.98 Å². The highest BCUT2D eigenvalue weighted by Gasteiger charge is 2.14. The van der Waals surface area contributed by atoms with Gasteiger partial charge in [-0.2, -0.15) is 9.37 Å². The van der Waals surface area contributed by atoms with Gasteiger partial charge in [0.25, 0.3) is 11.8 Å². The van der Waals surface area contributed by atoms with E-state index in [1.165, 1.54) is 12.1 Å². The Hall–Kier alpha value is -1.27. The number of nitrogens with zero attached hydrogens (tertiary/aromatic N) is 1. The smallest absolute Gasteiger partial charge is 0.258 e. The van der Waals surface area contributed by atoms with E-state index in [0.717, 1.165) is 0 Å². The lowest BCUT2D eigenvalue weighted by molar-refractivity contribution is 0.387. The maximum absolute atomic E-state index is 13.3. The molecule has 0 aliphatic heterocycles. The number of ether oxygens (including phenoxy) is 1. The van der Waals surface area contributed by atoms with Crippen LogP contribution in [0, 0.1) is 17.6 Å². The Balaban J connectivity index is 2.37. The fraction of sp³-hybridized carbons (Fsp3) is 0. The third kappa shape index (κ3) is 2.76. The molecule has 0 spiro atoms. The summed E-state index contributed by atoms with van der Waals surface area (Å²) in [7, 11) is 0. The summed E-state index contributed by atoms with van der Waals surface area (Å²) in [4.78, 5) is 3.02. The standard InChI is InChI=1S/C11H4BrClF3NO/c12-5-1-2-9(6(13)3-5)18-11-8(15)4-7(14)10(16)17-11/h1-4H. The van der Waals surface area contributed by atoms with Crippen LogP contribution in [0.4, 0.5) is 13.2 Å². The highest BCUT2D eigenvalue weighted by Crippen LogP contribution is 2.32. The van der Waals surface area contributed by atoms with E-state index in [2.05, 4.69) is 20.9 Å². The largest absolute Gasteiger partial charge is 0.435 e. The van der Waals surface area contributed by atoms with Gasteiger partial charge in [-0.3, -0.25) is 0 Å². The summed E-state index contributed by atoms with van der Waals surface area (Å²) in [5.74, 6) is -4.55. The predicted molar refractivity (Wildman–Crippen MR) is 63.3 cm³/mol. The summed E-state index contributed by atoms with van der Waals surface area (Å²) in [6.45, 7) is 0. The molecular weight excluding hydrogens is 334 g/mol. The molecule has 1 aromatic heterocycles. The zero-order chi connectivity index (χ0) is 13.3. The molecule has 0 saturated carbocycles. The minimum atomic E-state index is -1.44. The Morgan fingerprint density at radius 1 is 1.11 bits per heavy atom. The minimum absolute atomic E-state index is 0.0808. The molecule has 0 atom stereocenters. The van der Waals surface area contributed by atoms with Crippen molar-refractivity contribution in [2.75, 3.05) is 0 Å². The molecule has 1 aromatic carbocycles. The number of hydrogen-bond acceptors (Lipinski definition) is 2. The van der Waals surface area contributed by atoms with Crippen LogP contribution < -0.4 is 4.74 Å². The Bertz CT molecular complexity index is 609. The molecule has 18 heavy (non-hydrogen) atoms. The average Bonchev–Trinajstić information content (AvgIpc) is 2.29. The zero-order valence-electron chi connectivity index (χ0n) is 8.55. The summed E-state index contributed by atoms with van der Waals surface area (Å²) in [5.41, 5.74) is 0. The molecule has 0 amide bonds. The lowest BCUT2D eigenvalue weighted by atomic mass is 10.3. The van der Waals surface area contributed by atoms with Crippen molar-refractivity contribution >= 4 is 27.5 Å². The SMILES string of the molecule is Fc1cc(F)c(Oc2ccc(Br)cc2Cl)nc1F. The van der Waals surface area contributed by atoms with Crippen molar-refractivity contribution in [2.45, 2.75) is 0 Å². The quantitative estimate of drug-likeness (QED) is 0.740. The Morgan fingerprint density at radius 2 is 1.83 bits per heavy atom. The first kappa shape index (κ1) is 13.2. The van der Waals surface area contributed by atoms with Crippen LogP contribution in [0.1, 0.15) is 0 Å². The Morgan fingerprint density at radius 3 is 2.50 bits per heavy atom. The zero-order valence-corrected chi connectivity index (χ0v) is 10.9. The lowest BCUT2D eigenvalue weighted by Crippen LogP contribution is -1.98. The first-order valence-electron chi connectivity index (χ1n) is 4.62. The van der Waals surface area contributed by atoms with Crippen LogP contribution >= 0.6 is 27.5 Å². The van der Waals surface area contributed by atoms with E-state index in [0.29, 0.717) is 10.5 Å². The molecule has 0 aliphatic carbocycles. The van der Waals surface area contributed by atoms with Crippen LogP contribution in [-0.2, 0) is 0 Å². The van der Waals surface area contributed by atoms with Crippen molar-refractivity contribution in [3.05, 3.63) is 51.3 Å². The molecule has 2 nitrogen and oxygen atoms in total. The van der Waals surface area contributed by atoms with Gasteiger partial charge in [-0.1, -0.05) is 27.5 Å². The van der Waals surface area contributed by atoms with E-state index < -0.39 is 23.5 Å². The predicted octanol–water partition coefficient (Wildman–Crippen LogP) is 4.71. The normalized spacial score (nSPS) is 10.5. The summed E-state index contributed by atoms with van der Waals surface area (Å²) < 4.78 is 44.5. The lowest BCUT2D eigenvalue weighted by Gasteiger charge is -2.07. The number of rotatable bonds is 2. The summed E-state index contributed by atoms with van der Waals surface area (Å²) in [5, 5.41) is 0.176. The van der Waals surface area contributed by atoms with E-state index in [9.17, 15) is 13.2 Å². The highest BCUT2D eigenvalue weighted by molar-refractivity contribution is 9.10. The second-order valence-electron chi connectivity index (χ2n) is 3.22. The monoisotopic (exact) mass is 337 g/mol. The summed E-state index contributed by atoms with van der Waals surface area (Å²) >= 11 is 9.01. The van der Waals surface area contributed by atoms with Gasteiger partial charge in [0.2, 0.25) is 0 Å². The number of benzene rings is 1. The van der Waals surface area contributed by atoms with E-state index in [-0.39, 0.29) is 10.8 Å². The summed E-state index contributed by atoms with van der Waals surface area (Å²) in [6, 6.07) is 4.90. The van der Waals surface area contributed by atoms with Crippen LogP contribution in [0.3, 0.4) is 0 Å². The summed E-state index contributed by atoms with van der Waals surface area (Å²) in [6.07, 6.45) is 0. The van der Waals surface area contributed by atoms with E-state index in [1.807, 2.05) is 0 Å². The number of pyridine rings is 1. The Labute approximate surface area is 113 Å². The van der Waals surface area contributed by atoms with E-state index >= 15 is 0 Å². The topological polar surface area (TPSA) is 22.1 Å². The third-order valence-electron chi connectivity index (χ3n) is 1.96. The van der Waals surface area contributed by atoms with Crippen LogP contribution in [0.2, 0.25) is 5.02 Å². The molecule has 0 fully saturated rings. The molecule has 0 saturated heterocycles. The second kappa shape index (κ2) is 5.16. The number of halogens is 5. The molecule has 0 bridgehead atoms. The van der Waals surface area contributed by atoms with E-state index in [4.69, 9.17) is 16.3 Å². The van der Waals surface area contributed by atoms with Gasteiger partial charge >= 0.3 is 0 Å². The second-order valence-corrected chi connectivity index (χ2v) is 4.55. The molecule has 1 heterocycles. The molecule has 0 N–H and O–H groups in total. The molecule has 0 aliphatic rings. The molecule has 0 radical (unpaired) electrons. The van der Waals surface area contributed by atoms with Gasteiger partial charge in [-0.05, 0) is 18.2 Å². The van der Waals surface area contributed by atoms with Gasteiger partial charge in [0, 0.05) is 10.5 Å². The van der Waals surface area contributed by atoms with Crippen molar-refractivity contribution < 1.29 is 17.9 Å². The molecule has 2 rings (SSSR count). The first-order chi connectivity index (χ1) is 8.47. The third-order valence-corrected chi connectivity index (χ3v) is 2.74. The maximum atomic E-state index is 13.3. The van der Waals surface area contributed by atoms with Gasteiger partial charge in [0.15, 0.2) is 11.6 Å². The van der Waals surface area contributed by atoms with E-state index in [1.54, 1.807) is 6.07 Å². The van der Waals surface area contributed by atoms with Crippen molar-refractivity contribution in [1.82, 2.24) is 4.98 Å². The fourth-order valence-electron chi connectivity index (χ4n) is 1.16. The highest BCUT2D eigenvalue weighted by atomic mass is 79.9. The van der Waals surface area contributed by atoms with Crippen molar-refractivity contribution in [3.63, 3.8) is 0 Å².